The van der Waals surface area contributed by atoms with Gasteiger partial charge in [0.1, 0.15) is 0 Å². The van der Waals surface area contributed by atoms with E-state index in [1.807, 2.05) is 13.8 Å². The molecule has 0 amide bonds. The molecule has 0 radical (unpaired) electrons. The second kappa shape index (κ2) is 7.31. The zero-order valence-corrected chi connectivity index (χ0v) is 14.7. The number of likely N-dealkylation sites (tertiary alicyclic amines) is 1. The lowest BCUT2D eigenvalue weighted by molar-refractivity contribution is 0.121. The Morgan fingerprint density at radius 2 is 1.80 bits per heavy atom. The van der Waals surface area contributed by atoms with Gasteiger partial charge in [0.15, 0.2) is 0 Å². The minimum atomic E-state index is 0.276. The Balaban J connectivity index is 0.000000956. The van der Waals surface area contributed by atoms with Gasteiger partial charge in [0.2, 0.25) is 0 Å². The average Bonchev–Trinajstić information content (AvgIpc) is 2.89. The molecule has 116 valence electrons. The molecule has 2 nitrogen and oxygen atoms in total. The average molecular weight is 278 g/mol. The summed E-state index contributed by atoms with van der Waals surface area (Å²) in [7, 11) is 2.27. The van der Waals surface area contributed by atoms with Gasteiger partial charge in [-0.05, 0) is 60.1 Å². The van der Waals surface area contributed by atoms with Gasteiger partial charge in [-0.15, -0.1) is 0 Å². The smallest absolute Gasteiger partial charge is 0.0332 e. The van der Waals surface area contributed by atoms with Crippen LogP contribution in [0.25, 0.3) is 0 Å². The molecule has 1 atom stereocenters. The van der Waals surface area contributed by atoms with Crippen molar-refractivity contribution in [3.8, 4) is 0 Å². The van der Waals surface area contributed by atoms with Crippen LogP contribution in [0.3, 0.4) is 0 Å². The quantitative estimate of drug-likeness (QED) is 0.736. The van der Waals surface area contributed by atoms with Crippen LogP contribution in [0.4, 0.5) is 0 Å². The van der Waals surface area contributed by atoms with Gasteiger partial charge in [-0.25, -0.2) is 0 Å². The van der Waals surface area contributed by atoms with Crippen molar-refractivity contribution in [2.75, 3.05) is 20.1 Å². The summed E-state index contributed by atoms with van der Waals surface area (Å²) < 4.78 is 0. The number of allylic oxidation sites excluding steroid dienone is 4. The molecule has 0 N–H and O–H groups in total. The molecule has 0 aromatic heterocycles. The van der Waals surface area contributed by atoms with Gasteiger partial charge < -0.3 is 4.90 Å². The standard InChI is InChI=1S/C16H28N2.C2H6/c1-13-6-8-14(9-7-13)18-11-10-15(12-18)17(5)16(2,3)4;1-2/h6,8,15H,7,9-12H2,1-5H3;1-2H3/t15-;/m1./s1. The van der Waals surface area contributed by atoms with E-state index in [0.717, 1.165) is 0 Å². The topological polar surface area (TPSA) is 6.48 Å². The van der Waals surface area contributed by atoms with E-state index in [9.17, 15) is 0 Å². The third-order valence-corrected chi connectivity index (χ3v) is 4.51. The molecule has 0 spiro atoms. The van der Waals surface area contributed by atoms with Crippen molar-refractivity contribution < 1.29 is 0 Å². The fourth-order valence-corrected chi connectivity index (χ4v) is 2.86. The summed E-state index contributed by atoms with van der Waals surface area (Å²) in [6.45, 7) is 15.6. The molecule has 0 unspecified atom stereocenters. The second-order valence-corrected chi connectivity index (χ2v) is 6.84. The van der Waals surface area contributed by atoms with Gasteiger partial charge >= 0.3 is 0 Å². The number of hydrogen-bond acceptors (Lipinski definition) is 2. The third-order valence-electron chi connectivity index (χ3n) is 4.51. The third kappa shape index (κ3) is 4.37. The van der Waals surface area contributed by atoms with E-state index in [4.69, 9.17) is 0 Å². The lowest BCUT2D eigenvalue weighted by atomic mass is 10.0. The van der Waals surface area contributed by atoms with Crippen molar-refractivity contribution in [1.82, 2.24) is 9.80 Å². The molecule has 0 saturated carbocycles. The minimum Gasteiger partial charge on any atom is -0.373 e. The molecule has 1 aliphatic carbocycles. The molecule has 0 aromatic carbocycles. The fourth-order valence-electron chi connectivity index (χ4n) is 2.86. The Hall–Kier alpha value is -0.760. The van der Waals surface area contributed by atoms with Crippen LogP contribution in [-0.4, -0.2) is 41.5 Å². The van der Waals surface area contributed by atoms with E-state index < -0.39 is 0 Å². The van der Waals surface area contributed by atoms with Crippen molar-refractivity contribution in [3.05, 3.63) is 23.4 Å². The van der Waals surface area contributed by atoms with Crippen LogP contribution in [0.2, 0.25) is 0 Å². The van der Waals surface area contributed by atoms with E-state index in [1.165, 1.54) is 37.9 Å². The highest BCUT2D eigenvalue weighted by molar-refractivity contribution is 5.22. The number of hydrogen-bond donors (Lipinski definition) is 0. The molecule has 2 rings (SSSR count). The van der Waals surface area contributed by atoms with Gasteiger partial charge in [0.25, 0.3) is 0 Å². The molecule has 0 bridgehead atoms. The number of rotatable bonds is 2. The van der Waals surface area contributed by atoms with Crippen LogP contribution in [0.1, 0.15) is 60.8 Å². The van der Waals surface area contributed by atoms with Crippen LogP contribution in [0.5, 0.6) is 0 Å². The Bertz CT molecular complexity index is 360. The Morgan fingerprint density at radius 3 is 2.30 bits per heavy atom. The van der Waals surface area contributed by atoms with E-state index in [-0.39, 0.29) is 5.54 Å². The van der Waals surface area contributed by atoms with Crippen molar-refractivity contribution in [3.63, 3.8) is 0 Å². The number of likely N-dealkylation sites (N-methyl/N-ethyl adjacent to an activating group) is 1. The summed E-state index contributed by atoms with van der Waals surface area (Å²) in [6, 6.07) is 0.706. The molecule has 1 heterocycles. The summed E-state index contributed by atoms with van der Waals surface area (Å²) in [5.74, 6) is 0. The molecule has 20 heavy (non-hydrogen) atoms. The lowest BCUT2D eigenvalue weighted by Crippen LogP contribution is -2.46. The lowest BCUT2D eigenvalue weighted by Gasteiger charge is -2.37. The first-order chi connectivity index (χ1) is 9.38. The molecule has 1 saturated heterocycles. The molecular weight excluding hydrogens is 244 g/mol. The maximum absolute atomic E-state index is 2.59. The predicted molar refractivity (Wildman–Crippen MR) is 89.9 cm³/mol. The van der Waals surface area contributed by atoms with Crippen LogP contribution in [0, 0.1) is 0 Å². The second-order valence-electron chi connectivity index (χ2n) is 6.84. The van der Waals surface area contributed by atoms with Crippen LogP contribution < -0.4 is 0 Å². The summed E-state index contributed by atoms with van der Waals surface area (Å²) in [5.41, 5.74) is 3.34. The largest absolute Gasteiger partial charge is 0.373 e. The molecule has 2 aliphatic rings. The first-order valence-corrected chi connectivity index (χ1v) is 8.22. The van der Waals surface area contributed by atoms with E-state index in [1.54, 1.807) is 5.70 Å². The number of nitrogens with zero attached hydrogens (tertiary/aromatic N) is 2. The maximum atomic E-state index is 2.59. The van der Waals surface area contributed by atoms with Crippen molar-refractivity contribution in [2.24, 2.45) is 0 Å². The summed E-state index contributed by atoms with van der Waals surface area (Å²) in [6.07, 6.45) is 8.39. The predicted octanol–water partition coefficient (Wildman–Crippen LogP) is 4.44. The highest BCUT2D eigenvalue weighted by atomic mass is 15.3. The minimum absolute atomic E-state index is 0.276. The Labute approximate surface area is 126 Å². The zero-order valence-electron chi connectivity index (χ0n) is 14.7. The Kier molecular flexibility index (Phi) is 6.32. The van der Waals surface area contributed by atoms with Crippen molar-refractivity contribution >= 4 is 0 Å². The van der Waals surface area contributed by atoms with E-state index in [2.05, 4.69) is 56.7 Å². The van der Waals surface area contributed by atoms with Gasteiger partial charge in [0, 0.05) is 30.4 Å². The Morgan fingerprint density at radius 1 is 1.15 bits per heavy atom. The summed E-state index contributed by atoms with van der Waals surface area (Å²) >= 11 is 0. The first-order valence-electron chi connectivity index (χ1n) is 8.22. The zero-order chi connectivity index (χ0) is 15.3. The molecule has 2 heteroatoms. The van der Waals surface area contributed by atoms with Crippen molar-refractivity contribution in [2.45, 2.75) is 72.4 Å². The summed E-state index contributed by atoms with van der Waals surface area (Å²) in [5, 5.41) is 0. The van der Waals surface area contributed by atoms with Gasteiger partial charge in [0.05, 0.1) is 0 Å². The van der Waals surface area contributed by atoms with Gasteiger partial charge in [-0.2, -0.15) is 0 Å². The molecular formula is C18H34N2. The van der Waals surface area contributed by atoms with E-state index in [0.29, 0.717) is 6.04 Å². The highest BCUT2D eigenvalue weighted by Crippen LogP contribution is 2.28. The van der Waals surface area contributed by atoms with Crippen LogP contribution in [-0.2, 0) is 0 Å². The normalized spacial score (nSPS) is 23.2. The first kappa shape index (κ1) is 17.3. The van der Waals surface area contributed by atoms with Gasteiger partial charge in [-0.1, -0.05) is 25.5 Å². The van der Waals surface area contributed by atoms with Gasteiger partial charge in [-0.3, -0.25) is 4.90 Å². The van der Waals surface area contributed by atoms with Crippen LogP contribution in [0.15, 0.2) is 23.4 Å². The van der Waals surface area contributed by atoms with E-state index >= 15 is 0 Å². The highest BCUT2D eigenvalue weighted by Gasteiger charge is 2.31. The fraction of sp³-hybridized carbons (Fsp3) is 0.778. The molecule has 0 aromatic rings. The SMILES string of the molecule is CC.CC1=CC=C(N2CC[C@@H](N(C)C(C)(C)C)C2)CC1. The molecule has 1 aliphatic heterocycles. The summed E-state index contributed by atoms with van der Waals surface area (Å²) in [4.78, 5) is 5.13. The van der Waals surface area contributed by atoms with Crippen molar-refractivity contribution in [1.29, 1.82) is 0 Å². The maximum Gasteiger partial charge on any atom is 0.0332 e. The molecule has 1 fully saturated rings. The monoisotopic (exact) mass is 278 g/mol. The van der Waals surface area contributed by atoms with Crippen LogP contribution >= 0.6 is 0 Å².